The maximum absolute atomic E-state index is 11.5. The van der Waals surface area contributed by atoms with E-state index in [2.05, 4.69) is 12.2 Å². The Morgan fingerprint density at radius 1 is 1.20 bits per heavy atom. The van der Waals surface area contributed by atoms with Gasteiger partial charge in [-0.1, -0.05) is 44.4 Å². The molecule has 0 spiro atoms. The number of hydrogen-bond acceptors (Lipinski definition) is 3. The SMILES string of the molecule is C[C@@H]1CCCC[C@@H]1CNc1ccccc1CS(C)(=O)=O. The number of anilines is 1. The third kappa shape index (κ3) is 4.51. The highest BCUT2D eigenvalue weighted by atomic mass is 32.2. The zero-order valence-corrected chi connectivity index (χ0v) is 13.2. The van der Waals surface area contributed by atoms with E-state index < -0.39 is 9.84 Å². The summed E-state index contributed by atoms with van der Waals surface area (Å²) in [5, 5.41) is 3.47. The quantitative estimate of drug-likeness (QED) is 0.904. The Labute approximate surface area is 122 Å². The van der Waals surface area contributed by atoms with Gasteiger partial charge in [0, 0.05) is 18.5 Å². The van der Waals surface area contributed by atoms with E-state index in [4.69, 9.17) is 0 Å². The first-order valence-electron chi connectivity index (χ1n) is 7.45. The third-order valence-electron chi connectivity index (χ3n) is 4.28. The van der Waals surface area contributed by atoms with Crippen LogP contribution in [0.4, 0.5) is 5.69 Å². The van der Waals surface area contributed by atoms with Gasteiger partial charge in [-0.25, -0.2) is 8.42 Å². The van der Waals surface area contributed by atoms with Crippen LogP contribution in [0.2, 0.25) is 0 Å². The fourth-order valence-corrected chi connectivity index (χ4v) is 3.86. The minimum atomic E-state index is -2.99. The Kier molecular flexibility index (Phi) is 5.08. The number of hydrogen-bond donors (Lipinski definition) is 1. The molecule has 1 N–H and O–H groups in total. The molecule has 1 aromatic rings. The summed E-state index contributed by atoms with van der Waals surface area (Å²) in [6, 6.07) is 7.73. The zero-order valence-electron chi connectivity index (χ0n) is 12.4. The number of nitrogens with one attached hydrogen (secondary N) is 1. The van der Waals surface area contributed by atoms with Crippen LogP contribution in [0, 0.1) is 11.8 Å². The first-order valence-corrected chi connectivity index (χ1v) is 9.51. The highest BCUT2D eigenvalue weighted by Crippen LogP contribution is 2.30. The molecule has 0 bridgehead atoms. The first kappa shape index (κ1) is 15.4. The standard InChI is InChI=1S/C16H25NO2S/c1-13-7-3-4-8-14(13)11-17-16-10-6-5-9-15(16)12-20(2,18)19/h5-6,9-10,13-14,17H,3-4,7-8,11-12H2,1-2H3/t13-,14-/m1/s1. The second kappa shape index (κ2) is 6.61. The summed E-state index contributed by atoms with van der Waals surface area (Å²) < 4.78 is 23.0. The first-order chi connectivity index (χ1) is 9.46. The van der Waals surface area contributed by atoms with Crippen LogP contribution in [0.3, 0.4) is 0 Å². The molecule has 0 aliphatic heterocycles. The summed E-state index contributed by atoms with van der Waals surface area (Å²) in [6.07, 6.45) is 6.55. The Morgan fingerprint density at radius 3 is 2.60 bits per heavy atom. The van der Waals surface area contributed by atoms with Gasteiger partial charge in [0.1, 0.15) is 0 Å². The van der Waals surface area contributed by atoms with Gasteiger partial charge in [0.15, 0.2) is 9.84 Å². The average Bonchev–Trinajstić information content (AvgIpc) is 2.37. The van der Waals surface area contributed by atoms with Crippen molar-refractivity contribution in [1.29, 1.82) is 0 Å². The molecule has 0 aromatic heterocycles. The molecule has 2 atom stereocenters. The predicted molar refractivity (Wildman–Crippen MR) is 84.6 cm³/mol. The minimum absolute atomic E-state index is 0.108. The van der Waals surface area contributed by atoms with E-state index >= 15 is 0 Å². The van der Waals surface area contributed by atoms with Crippen LogP contribution >= 0.6 is 0 Å². The van der Waals surface area contributed by atoms with Crippen LogP contribution < -0.4 is 5.32 Å². The van der Waals surface area contributed by atoms with E-state index in [1.54, 1.807) is 0 Å². The molecule has 0 heterocycles. The second-order valence-corrected chi connectivity index (χ2v) is 8.27. The number of sulfone groups is 1. The lowest BCUT2D eigenvalue weighted by Crippen LogP contribution is -2.24. The lowest BCUT2D eigenvalue weighted by atomic mass is 9.80. The van der Waals surface area contributed by atoms with Crippen LogP contribution in [-0.2, 0) is 15.6 Å². The Hall–Kier alpha value is -1.03. The van der Waals surface area contributed by atoms with E-state index in [1.165, 1.54) is 31.9 Å². The lowest BCUT2D eigenvalue weighted by molar-refractivity contribution is 0.268. The summed E-state index contributed by atoms with van der Waals surface area (Å²) in [5.74, 6) is 1.57. The Morgan fingerprint density at radius 2 is 1.90 bits per heavy atom. The summed E-state index contributed by atoms with van der Waals surface area (Å²) >= 11 is 0. The van der Waals surface area contributed by atoms with E-state index in [0.717, 1.165) is 23.7 Å². The minimum Gasteiger partial charge on any atom is -0.385 e. The van der Waals surface area contributed by atoms with E-state index in [0.29, 0.717) is 5.92 Å². The van der Waals surface area contributed by atoms with E-state index in [-0.39, 0.29) is 5.75 Å². The molecule has 0 amide bonds. The predicted octanol–water partition coefficient (Wildman–Crippen LogP) is 3.47. The van der Waals surface area contributed by atoms with Gasteiger partial charge in [-0.15, -0.1) is 0 Å². The molecule has 1 fully saturated rings. The van der Waals surface area contributed by atoms with Crippen LogP contribution in [0.15, 0.2) is 24.3 Å². The van der Waals surface area contributed by atoms with E-state index in [1.807, 2.05) is 24.3 Å². The highest BCUT2D eigenvalue weighted by molar-refractivity contribution is 7.89. The van der Waals surface area contributed by atoms with Gasteiger partial charge >= 0.3 is 0 Å². The van der Waals surface area contributed by atoms with Crippen LogP contribution in [-0.4, -0.2) is 21.2 Å². The Bertz CT molecular complexity index is 539. The molecule has 0 saturated heterocycles. The van der Waals surface area contributed by atoms with Crippen LogP contribution in [0.25, 0.3) is 0 Å². The maximum atomic E-state index is 11.5. The Balaban J connectivity index is 2.02. The van der Waals surface area contributed by atoms with Gasteiger partial charge < -0.3 is 5.32 Å². The number of rotatable bonds is 5. The van der Waals surface area contributed by atoms with Gasteiger partial charge in [-0.2, -0.15) is 0 Å². The molecular weight excluding hydrogens is 270 g/mol. The zero-order chi connectivity index (χ0) is 14.6. The molecular formula is C16H25NO2S. The molecule has 3 nitrogen and oxygen atoms in total. The fraction of sp³-hybridized carbons (Fsp3) is 0.625. The summed E-state index contributed by atoms with van der Waals surface area (Å²) in [4.78, 5) is 0. The normalized spacial score (nSPS) is 23.5. The maximum Gasteiger partial charge on any atom is 0.151 e. The van der Waals surface area contributed by atoms with Crippen molar-refractivity contribution in [1.82, 2.24) is 0 Å². The van der Waals surface area contributed by atoms with Crippen molar-refractivity contribution in [2.45, 2.75) is 38.4 Å². The largest absolute Gasteiger partial charge is 0.385 e. The fourth-order valence-electron chi connectivity index (χ4n) is 3.04. The van der Waals surface area contributed by atoms with Crippen molar-refractivity contribution in [3.05, 3.63) is 29.8 Å². The smallest absolute Gasteiger partial charge is 0.151 e. The number of para-hydroxylation sites is 1. The van der Waals surface area contributed by atoms with Crippen molar-refractivity contribution in [2.24, 2.45) is 11.8 Å². The highest BCUT2D eigenvalue weighted by Gasteiger charge is 2.21. The van der Waals surface area contributed by atoms with Gasteiger partial charge in [0.2, 0.25) is 0 Å². The summed E-state index contributed by atoms with van der Waals surface area (Å²) in [7, 11) is -2.99. The molecule has 0 unspecified atom stereocenters. The molecule has 1 aliphatic rings. The van der Waals surface area contributed by atoms with Gasteiger partial charge in [0.05, 0.1) is 5.75 Å². The molecule has 2 rings (SSSR count). The molecule has 4 heteroatoms. The van der Waals surface area contributed by atoms with E-state index in [9.17, 15) is 8.42 Å². The van der Waals surface area contributed by atoms with Gasteiger partial charge in [0.25, 0.3) is 0 Å². The van der Waals surface area contributed by atoms with Crippen LogP contribution in [0.1, 0.15) is 38.2 Å². The molecule has 1 aliphatic carbocycles. The lowest BCUT2D eigenvalue weighted by Gasteiger charge is -2.29. The van der Waals surface area contributed by atoms with Crippen molar-refractivity contribution >= 4 is 15.5 Å². The third-order valence-corrected chi connectivity index (χ3v) is 5.11. The van der Waals surface area contributed by atoms with Crippen molar-refractivity contribution in [2.75, 3.05) is 18.1 Å². The summed E-state index contributed by atoms with van der Waals surface area (Å²) in [6.45, 7) is 3.27. The second-order valence-electron chi connectivity index (χ2n) is 6.13. The number of benzene rings is 1. The monoisotopic (exact) mass is 295 g/mol. The molecule has 0 radical (unpaired) electrons. The van der Waals surface area contributed by atoms with Gasteiger partial charge in [-0.3, -0.25) is 0 Å². The van der Waals surface area contributed by atoms with Gasteiger partial charge in [-0.05, 0) is 29.9 Å². The molecule has 20 heavy (non-hydrogen) atoms. The summed E-state index contributed by atoms with van der Waals surface area (Å²) in [5.41, 5.74) is 1.84. The van der Waals surface area contributed by atoms with Crippen LogP contribution in [0.5, 0.6) is 0 Å². The van der Waals surface area contributed by atoms with Crippen molar-refractivity contribution in [3.8, 4) is 0 Å². The topological polar surface area (TPSA) is 46.2 Å². The molecule has 112 valence electrons. The van der Waals surface area contributed by atoms with Crippen molar-refractivity contribution in [3.63, 3.8) is 0 Å². The van der Waals surface area contributed by atoms with Crippen molar-refractivity contribution < 1.29 is 8.42 Å². The average molecular weight is 295 g/mol. The molecule has 1 saturated carbocycles. The molecule has 1 aromatic carbocycles.